The summed E-state index contributed by atoms with van der Waals surface area (Å²) in [7, 11) is -0.652. The number of rotatable bonds is 4. The lowest BCUT2D eigenvalue weighted by molar-refractivity contribution is 0.0600. The van der Waals surface area contributed by atoms with Gasteiger partial charge in [0.2, 0.25) is 0 Å². The molecular formula is C9H12BNO5. The van der Waals surface area contributed by atoms with Crippen molar-refractivity contribution in [1.82, 2.24) is 0 Å². The highest BCUT2D eigenvalue weighted by Gasteiger charge is 2.15. The van der Waals surface area contributed by atoms with Crippen LogP contribution in [0.1, 0.15) is 15.9 Å². The van der Waals surface area contributed by atoms with Crippen molar-refractivity contribution < 1.29 is 24.2 Å². The van der Waals surface area contributed by atoms with Gasteiger partial charge in [-0.25, -0.2) is 4.79 Å². The maximum atomic E-state index is 11.2. The molecule has 4 N–H and O–H groups in total. The molecule has 0 aromatic heterocycles. The second kappa shape index (κ2) is 5.50. The van der Waals surface area contributed by atoms with E-state index in [1.165, 1.54) is 25.3 Å². The van der Waals surface area contributed by atoms with Crippen LogP contribution in [0.25, 0.3) is 0 Å². The minimum absolute atomic E-state index is 0.104. The number of carbonyl (C=O) groups excluding carboxylic acids is 1. The van der Waals surface area contributed by atoms with Crippen LogP contribution in [0.4, 0.5) is 0 Å². The fraction of sp³-hybridized carbons (Fsp3) is 0.222. The van der Waals surface area contributed by atoms with Gasteiger partial charge in [-0.2, -0.15) is 0 Å². The second-order valence-electron chi connectivity index (χ2n) is 2.96. The largest absolute Gasteiger partial charge is 0.707 e. The van der Waals surface area contributed by atoms with E-state index in [-0.39, 0.29) is 12.3 Å². The van der Waals surface area contributed by atoms with Crippen LogP contribution in [0.15, 0.2) is 18.2 Å². The van der Waals surface area contributed by atoms with Crippen molar-refractivity contribution in [2.45, 2.75) is 6.54 Å². The molecule has 0 fully saturated rings. The fourth-order valence-electron chi connectivity index (χ4n) is 1.21. The van der Waals surface area contributed by atoms with E-state index in [1.54, 1.807) is 0 Å². The summed E-state index contributed by atoms with van der Waals surface area (Å²) in [5.41, 5.74) is 6.25. The molecule has 0 radical (unpaired) electrons. The van der Waals surface area contributed by atoms with Gasteiger partial charge in [-0.3, -0.25) is 0 Å². The Labute approximate surface area is 92.8 Å². The smallest absolute Gasteiger partial charge is 0.512 e. The molecular weight excluding hydrogens is 213 g/mol. The number of ether oxygens (including phenoxy) is 1. The van der Waals surface area contributed by atoms with Crippen molar-refractivity contribution in [2.24, 2.45) is 5.73 Å². The van der Waals surface area contributed by atoms with Crippen LogP contribution in [0.3, 0.4) is 0 Å². The Kier molecular flexibility index (Phi) is 4.30. The van der Waals surface area contributed by atoms with Gasteiger partial charge in [0, 0.05) is 12.1 Å². The Bertz CT molecular complexity index is 382. The van der Waals surface area contributed by atoms with E-state index in [1.807, 2.05) is 0 Å². The molecule has 16 heavy (non-hydrogen) atoms. The SMILES string of the molecule is COC(=O)c1ccc(OB(O)O)c(CN)c1. The molecule has 0 bridgehead atoms. The molecule has 6 nitrogen and oxygen atoms in total. The number of methoxy groups -OCH3 is 1. The number of carbonyl (C=O) groups is 1. The number of nitrogens with two attached hydrogens (primary N) is 1. The maximum Gasteiger partial charge on any atom is 0.707 e. The average Bonchev–Trinajstić information content (AvgIpc) is 2.27. The molecule has 0 saturated carbocycles. The first-order valence-corrected chi connectivity index (χ1v) is 4.52. The minimum atomic E-state index is -1.92. The van der Waals surface area contributed by atoms with Crippen molar-refractivity contribution in [3.63, 3.8) is 0 Å². The highest BCUT2D eigenvalue weighted by Crippen LogP contribution is 2.20. The molecule has 0 atom stereocenters. The Balaban J connectivity index is 3.01. The van der Waals surface area contributed by atoms with E-state index in [2.05, 4.69) is 9.39 Å². The standard InChI is InChI=1S/C9H12BNO5/c1-15-9(12)6-2-3-8(16-10(13)14)7(4-6)5-11/h2-4,13-14H,5,11H2,1H3. The number of hydrogen-bond donors (Lipinski definition) is 3. The zero-order valence-corrected chi connectivity index (χ0v) is 8.71. The van der Waals surface area contributed by atoms with E-state index in [4.69, 9.17) is 15.8 Å². The van der Waals surface area contributed by atoms with Gasteiger partial charge in [0.05, 0.1) is 12.7 Å². The molecule has 0 spiro atoms. The molecule has 0 aliphatic rings. The van der Waals surface area contributed by atoms with Gasteiger partial charge in [0.1, 0.15) is 5.75 Å². The predicted octanol–water partition coefficient (Wildman–Crippen LogP) is -0.720. The van der Waals surface area contributed by atoms with E-state index < -0.39 is 13.3 Å². The van der Waals surface area contributed by atoms with Crippen LogP contribution in [0, 0.1) is 0 Å². The van der Waals surface area contributed by atoms with Crippen molar-refractivity contribution in [2.75, 3.05) is 7.11 Å². The summed E-state index contributed by atoms with van der Waals surface area (Å²) in [4.78, 5) is 11.2. The van der Waals surface area contributed by atoms with Crippen LogP contribution in [0.5, 0.6) is 5.75 Å². The zero-order chi connectivity index (χ0) is 12.1. The third-order valence-electron chi connectivity index (χ3n) is 1.93. The third-order valence-corrected chi connectivity index (χ3v) is 1.93. The normalized spacial score (nSPS) is 9.75. The lowest BCUT2D eigenvalue weighted by Gasteiger charge is -2.10. The van der Waals surface area contributed by atoms with Gasteiger partial charge >= 0.3 is 13.3 Å². The minimum Gasteiger partial charge on any atom is -0.512 e. The van der Waals surface area contributed by atoms with Crippen molar-refractivity contribution in [3.8, 4) is 5.75 Å². The summed E-state index contributed by atoms with van der Waals surface area (Å²) in [6, 6.07) is 4.35. The molecule has 7 heteroatoms. The molecule has 1 aromatic rings. The van der Waals surface area contributed by atoms with Gasteiger partial charge in [-0.05, 0) is 18.2 Å². The molecule has 0 aliphatic carbocycles. The van der Waals surface area contributed by atoms with E-state index in [9.17, 15) is 4.79 Å². The Morgan fingerprint density at radius 3 is 2.69 bits per heavy atom. The third kappa shape index (κ3) is 2.96. The fourth-order valence-corrected chi connectivity index (χ4v) is 1.21. The van der Waals surface area contributed by atoms with Crippen LogP contribution in [-0.4, -0.2) is 30.4 Å². The maximum absolute atomic E-state index is 11.2. The number of hydrogen-bond acceptors (Lipinski definition) is 6. The van der Waals surface area contributed by atoms with Crippen LogP contribution >= 0.6 is 0 Å². The van der Waals surface area contributed by atoms with E-state index in [0.717, 1.165) is 0 Å². The second-order valence-corrected chi connectivity index (χ2v) is 2.96. The first-order chi connectivity index (χ1) is 7.58. The molecule has 0 unspecified atom stereocenters. The summed E-state index contributed by atoms with van der Waals surface area (Å²) < 4.78 is 9.22. The van der Waals surface area contributed by atoms with Gasteiger partial charge < -0.3 is 25.2 Å². The van der Waals surface area contributed by atoms with Gasteiger partial charge in [-0.15, -0.1) is 0 Å². The molecule has 1 rings (SSSR count). The Morgan fingerprint density at radius 2 is 2.19 bits per heavy atom. The van der Waals surface area contributed by atoms with Crippen molar-refractivity contribution in [3.05, 3.63) is 29.3 Å². The summed E-state index contributed by atoms with van der Waals surface area (Å²) in [5.74, 6) is -0.282. The summed E-state index contributed by atoms with van der Waals surface area (Å²) in [5, 5.41) is 17.3. The molecule has 0 aliphatic heterocycles. The van der Waals surface area contributed by atoms with E-state index >= 15 is 0 Å². The van der Waals surface area contributed by atoms with Crippen LogP contribution < -0.4 is 10.4 Å². The predicted molar refractivity (Wildman–Crippen MR) is 56.5 cm³/mol. The van der Waals surface area contributed by atoms with E-state index in [0.29, 0.717) is 11.1 Å². The van der Waals surface area contributed by atoms with Crippen molar-refractivity contribution >= 4 is 13.3 Å². The highest BCUT2D eigenvalue weighted by molar-refractivity contribution is 6.33. The molecule has 1 aromatic carbocycles. The average molecular weight is 225 g/mol. The summed E-state index contributed by atoms with van der Waals surface area (Å²) in [6.07, 6.45) is 0. The van der Waals surface area contributed by atoms with Crippen LogP contribution in [-0.2, 0) is 11.3 Å². The van der Waals surface area contributed by atoms with Gasteiger partial charge in [-0.1, -0.05) is 0 Å². The Morgan fingerprint density at radius 1 is 1.50 bits per heavy atom. The summed E-state index contributed by atoms with van der Waals surface area (Å²) in [6.45, 7) is 0.104. The van der Waals surface area contributed by atoms with Gasteiger partial charge in [0.25, 0.3) is 0 Å². The molecule has 86 valence electrons. The highest BCUT2D eigenvalue weighted by atomic mass is 16.6. The summed E-state index contributed by atoms with van der Waals surface area (Å²) >= 11 is 0. The monoisotopic (exact) mass is 225 g/mol. The van der Waals surface area contributed by atoms with Crippen LogP contribution in [0.2, 0.25) is 0 Å². The number of esters is 1. The molecule has 0 saturated heterocycles. The van der Waals surface area contributed by atoms with Crippen molar-refractivity contribution in [1.29, 1.82) is 0 Å². The molecule has 0 heterocycles. The lowest BCUT2D eigenvalue weighted by atomic mass is 10.1. The molecule has 0 amide bonds. The zero-order valence-electron chi connectivity index (χ0n) is 8.71. The first kappa shape index (κ1) is 12.5. The lowest BCUT2D eigenvalue weighted by Crippen LogP contribution is -2.22. The topological polar surface area (TPSA) is 102 Å². The quantitative estimate of drug-likeness (QED) is 0.461. The van der Waals surface area contributed by atoms with Gasteiger partial charge in [0.15, 0.2) is 0 Å². The number of benzene rings is 1. The Hall–Kier alpha value is -1.57. The first-order valence-electron chi connectivity index (χ1n) is 4.52.